The molecule has 0 saturated carbocycles. The summed E-state index contributed by atoms with van der Waals surface area (Å²) in [5, 5.41) is 0. The van der Waals surface area contributed by atoms with E-state index in [1.807, 2.05) is 6.92 Å². The van der Waals surface area contributed by atoms with Gasteiger partial charge in [0.1, 0.15) is 0 Å². The molecule has 2 aliphatic heterocycles. The van der Waals surface area contributed by atoms with Crippen molar-refractivity contribution >= 4 is 17.9 Å². The molecule has 0 radical (unpaired) electrons. The van der Waals surface area contributed by atoms with Gasteiger partial charge < -0.3 is 24.0 Å². The number of anilines is 2. The van der Waals surface area contributed by atoms with E-state index in [-0.39, 0.29) is 5.88 Å². The molecule has 0 atom stereocenters. The number of aromatic nitrogens is 4. The fourth-order valence-electron chi connectivity index (χ4n) is 3.25. The van der Waals surface area contributed by atoms with Gasteiger partial charge in [-0.05, 0) is 12.5 Å². The third-order valence-corrected chi connectivity index (χ3v) is 4.77. The second-order valence-electron chi connectivity index (χ2n) is 6.89. The number of aryl methyl sites for hydroxylation is 1. The molecule has 4 rings (SSSR count). The molecular weight excluding hydrogens is 376 g/mol. The quantitative estimate of drug-likeness (QED) is 0.686. The fourth-order valence-corrected chi connectivity index (χ4v) is 3.25. The number of nitrogens with zero attached hydrogens (tertiary/aromatic N) is 6. The molecule has 10 heteroatoms. The molecule has 2 aliphatic rings. The molecular formula is C19H24N6O4. The molecule has 2 fully saturated rings. The van der Waals surface area contributed by atoms with Crippen LogP contribution in [0.1, 0.15) is 12.5 Å². The predicted molar refractivity (Wildman–Crippen MR) is 105 cm³/mol. The second-order valence-corrected chi connectivity index (χ2v) is 6.89. The van der Waals surface area contributed by atoms with E-state index < -0.39 is 5.97 Å². The molecule has 0 bridgehead atoms. The van der Waals surface area contributed by atoms with Crippen LogP contribution < -0.4 is 14.5 Å². The summed E-state index contributed by atoms with van der Waals surface area (Å²) >= 11 is 0. The van der Waals surface area contributed by atoms with E-state index >= 15 is 0 Å². The Morgan fingerprint density at radius 2 is 1.52 bits per heavy atom. The van der Waals surface area contributed by atoms with Crippen LogP contribution in [-0.2, 0) is 14.3 Å². The largest absolute Gasteiger partial charge is 0.408 e. The Kier molecular flexibility index (Phi) is 5.81. The zero-order valence-corrected chi connectivity index (χ0v) is 16.6. The Morgan fingerprint density at radius 1 is 0.966 bits per heavy atom. The highest BCUT2D eigenvalue weighted by Gasteiger charge is 2.22. The summed E-state index contributed by atoms with van der Waals surface area (Å²) in [6.45, 7) is 8.76. The summed E-state index contributed by atoms with van der Waals surface area (Å²) in [5.41, 5.74) is 1.63. The zero-order chi connectivity index (χ0) is 20.2. The molecule has 10 nitrogen and oxygen atoms in total. The van der Waals surface area contributed by atoms with Crippen LogP contribution in [0.5, 0.6) is 5.88 Å². The third-order valence-electron chi connectivity index (χ3n) is 4.77. The molecule has 2 aromatic rings. The van der Waals surface area contributed by atoms with Crippen LogP contribution in [0.15, 0.2) is 12.3 Å². The molecule has 154 valence electrons. The van der Waals surface area contributed by atoms with Crippen molar-refractivity contribution in [3.05, 3.63) is 17.8 Å². The van der Waals surface area contributed by atoms with Crippen molar-refractivity contribution in [1.82, 2.24) is 19.9 Å². The van der Waals surface area contributed by atoms with E-state index in [4.69, 9.17) is 29.2 Å². The lowest BCUT2D eigenvalue weighted by Gasteiger charge is -2.30. The van der Waals surface area contributed by atoms with Gasteiger partial charge in [-0.15, -0.1) is 0 Å². The first-order valence-corrected chi connectivity index (χ1v) is 9.67. The number of hydrogen-bond donors (Lipinski definition) is 0. The molecule has 2 aromatic heterocycles. The highest BCUT2D eigenvalue weighted by atomic mass is 16.5. The van der Waals surface area contributed by atoms with Gasteiger partial charge in [0.25, 0.3) is 0 Å². The minimum Gasteiger partial charge on any atom is -0.408 e. The average Bonchev–Trinajstić information content (AvgIpc) is 2.74. The first kappa shape index (κ1) is 19.5. The molecule has 0 amide bonds. The van der Waals surface area contributed by atoms with Crippen LogP contribution in [0.2, 0.25) is 0 Å². The van der Waals surface area contributed by atoms with Crippen LogP contribution >= 0.6 is 0 Å². The lowest BCUT2D eigenvalue weighted by atomic mass is 10.1. The standard InChI is InChI=1S/C19H24N6O4/c1-13-11-16(29-14(2)26)20-12-15(13)17-21-18(24-3-7-27-8-4-24)23-19(22-17)25-5-9-28-10-6-25/h11-12H,3-10H2,1-2H3. The summed E-state index contributed by atoms with van der Waals surface area (Å²) < 4.78 is 16.0. The first-order valence-electron chi connectivity index (χ1n) is 9.67. The molecule has 2 saturated heterocycles. The van der Waals surface area contributed by atoms with E-state index in [2.05, 4.69) is 14.8 Å². The lowest BCUT2D eigenvalue weighted by molar-refractivity contribution is -0.132. The zero-order valence-electron chi connectivity index (χ0n) is 16.6. The van der Waals surface area contributed by atoms with Gasteiger partial charge in [-0.2, -0.15) is 15.0 Å². The van der Waals surface area contributed by atoms with Gasteiger partial charge in [0.15, 0.2) is 5.82 Å². The Bertz CT molecular complexity index is 845. The number of morpholine rings is 2. The van der Waals surface area contributed by atoms with E-state index in [1.165, 1.54) is 6.92 Å². The fraction of sp³-hybridized carbons (Fsp3) is 0.526. The molecule has 29 heavy (non-hydrogen) atoms. The van der Waals surface area contributed by atoms with Crippen molar-refractivity contribution in [1.29, 1.82) is 0 Å². The summed E-state index contributed by atoms with van der Waals surface area (Å²) in [5.74, 6) is 1.65. The molecule has 0 unspecified atom stereocenters. The SMILES string of the molecule is CC(=O)Oc1cc(C)c(-c2nc(N3CCOCC3)nc(N3CCOCC3)n2)cn1. The van der Waals surface area contributed by atoms with Gasteiger partial charge >= 0.3 is 5.97 Å². The molecule has 0 N–H and O–H groups in total. The molecule has 0 aliphatic carbocycles. The van der Waals surface area contributed by atoms with Gasteiger partial charge in [0.2, 0.25) is 17.8 Å². The summed E-state index contributed by atoms with van der Waals surface area (Å²) in [7, 11) is 0. The number of carbonyl (C=O) groups is 1. The van der Waals surface area contributed by atoms with Gasteiger partial charge in [-0.1, -0.05) is 0 Å². The van der Waals surface area contributed by atoms with Gasteiger partial charge in [0.05, 0.1) is 26.4 Å². The van der Waals surface area contributed by atoms with Gasteiger partial charge in [0, 0.05) is 50.9 Å². The summed E-state index contributed by atoms with van der Waals surface area (Å²) in [4.78, 5) is 33.8. The topological polar surface area (TPSA) is 103 Å². The normalized spacial score (nSPS) is 17.3. The van der Waals surface area contributed by atoms with Crippen molar-refractivity contribution < 1.29 is 19.0 Å². The highest BCUT2D eigenvalue weighted by Crippen LogP contribution is 2.26. The minimum atomic E-state index is -0.408. The number of ether oxygens (including phenoxy) is 3. The van der Waals surface area contributed by atoms with Crippen LogP contribution in [0.3, 0.4) is 0 Å². The second kappa shape index (κ2) is 8.66. The van der Waals surface area contributed by atoms with E-state index in [9.17, 15) is 4.79 Å². The van der Waals surface area contributed by atoms with E-state index in [0.29, 0.717) is 44.1 Å². The predicted octanol–water partition coefficient (Wildman–Crippen LogP) is 0.841. The number of esters is 1. The van der Waals surface area contributed by atoms with Crippen LogP contribution in [0, 0.1) is 6.92 Å². The third kappa shape index (κ3) is 4.60. The first-order chi connectivity index (χ1) is 14.1. The van der Waals surface area contributed by atoms with Gasteiger partial charge in [-0.25, -0.2) is 4.98 Å². The number of hydrogen-bond acceptors (Lipinski definition) is 10. The summed E-state index contributed by atoms with van der Waals surface area (Å²) in [6, 6.07) is 1.71. The molecule has 0 aromatic carbocycles. The highest BCUT2D eigenvalue weighted by molar-refractivity contribution is 5.69. The van der Waals surface area contributed by atoms with Crippen LogP contribution in [0.25, 0.3) is 11.4 Å². The van der Waals surface area contributed by atoms with Crippen molar-refractivity contribution in [2.45, 2.75) is 13.8 Å². The maximum Gasteiger partial charge on any atom is 0.309 e. The Labute approximate surface area is 168 Å². The van der Waals surface area contributed by atoms with E-state index in [1.54, 1.807) is 12.3 Å². The van der Waals surface area contributed by atoms with Crippen molar-refractivity contribution in [2.75, 3.05) is 62.4 Å². The van der Waals surface area contributed by atoms with Crippen LogP contribution in [0.4, 0.5) is 11.9 Å². The Balaban J connectivity index is 1.72. The van der Waals surface area contributed by atoms with Crippen molar-refractivity contribution in [3.8, 4) is 17.3 Å². The maximum absolute atomic E-state index is 11.2. The number of rotatable bonds is 4. The Hall–Kier alpha value is -2.85. The number of pyridine rings is 1. The maximum atomic E-state index is 11.2. The molecule has 4 heterocycles. The van der Waals surface area contributed by atoms with Crippen molar-refractivity contribution in [2.24, 2.45) is 0 Å². The van der Waals surface area contributed by atoms with E-state index in [0.717, 1.165) is 37.3 Å². The monoisotopic (exact) mass is 400 g/mol. The Morgan fingerprint density at radius 3 is 2.00 bits per heavy atom. The minimum absolute atomic E-state index is 0.259. The summed E-state index contributed by atoms with van der Waals surface area (Å²) in [6.07, 6.45) is 1.63. The van der Waals surface area contributed by atoms with Gasteiger partial charge in [-0.3, -0.25) is 4.79 Å². The lowest BCUT2D eigenvalue weighted by Crippen LogP contribution is -2.40. The van der Waals surface area contributed by atoms with Crippen molar-refractivity contribution in [3.63, 3.8) is 0 Å². The average molecular weight is 400 g/mol. The van der Waals surface area contributed by atoms with Crippen LogP contribution in [-0.4, -0.2) is 78.5 Å². The number of carbonyl (C=O) groups excluding carboxylic acids is 1. The molecule has 0 spiro atoms. The smallest absolute Gasteiger partial charge is 0.309 e.